The Morgan fingerprint density at radius 3 is 2.79 bits per heavy atom. The number of esters is 1. The van der Waals surface area contributed by atoms with Gasteiger partial charge in [-0.05, 0) is 6.07 Å². The molecule has 0 fully saturated rings. The largest absolute Gasteiger partial charge is 0.459 e. The van der Waals surface area contributed by atoms with Crippen molar-refractivity contribution in [1.29, 1.82) is 0 Å². The number of benzene rings is 1. The van der Waals surface area contributed by atoms with Crippen LogP contribution in [-0.2, 0) is 9.53 Å². The van der Waals surface area contributed by atoms with Crippen LogP contribution in [0.2, 0.25) is 5.02 Å². The number of alkyl halides is 1. The number of fused-ring (bicyclic) bond motifs is 1. The van der Waals surface area contributed by atoms with Gasteiger partial charge in [0.15, 0.2) is 0 Å². The number of carbonyl (C=O) groups is 1. The molecule has 2 aromatic rings. The van der Waals surface area contributed by atoms with Crippen LogP contribution in [0.5, 0.6) is 0 Å². The zero-order valence-corrected chi connectivity index (χ0v) is 10.6. The SMILES string of the molecule is C=CCOC(=O)C(F)c1ccc(Cl)c2nccnc12. The first-order valence-electron chi connectivity index (χ1n) is 5.46. The first-order chi connectivity index (χ1) is 9.15. The molecule has 1 atom stereocenters. The van der Waals surface area contributed by atoms with Gasteiger partial charge in [0.2, 0.25) is 6.17 Å². The molecule has 0 N–H and O–H groups in total. The summed E-state index contributed by atoms with van der Waals surface area (Å²) in [6.07, 6.45) is 2.28. The summed E-state index contributed by atoms with van der Waals surface area (Å²) in [5.41, 5.74) is 0.681. The van der Waals surface area contributed by atoms with Crippen molar-refractivity contribution in [2.75, 3.05) is 6.61 Å². The normalized spacial score (nSPS) is 12.1. The summed E-state index contributed by atoms with van der Waals surface area (Å²) in [5, 5.41) is 0.346. The van der Waals surface area contributed by atoms with Gasteiger partial charge in [-0.25, -0.2) is 9.18 Å². The Hall–Kier alpha value is -2.01. The standard InChI is InChI=1S/C13H10ClFN2O2/c1-2-7-19-13(18)10(15)8-3-4-9(14)12-11(8)16-5-6-17-12/h2-6,10H,1,7H2. The van der Waals surface area contributed by atoms with Gasteiger partial charge in [0.05, 0.1) is 10.5 Å². The number of carbonyl (C=O) groups excluding carboxylic acids is 1. The molecule has 6 heteroatoms. The van der Waals surface area contributed by atoms with Gasteiger partial charge in [0.1, 0.15) is 12.1 Å². The van der Waals surface area contributed by atoms with Crippen molar-refractivity contribution < 1.29 is 13.9 Å². The van der Waals surface area contributed by atoms with Crippen LogP contribution in [0.25, 0.3) is 11.0 Å². The molecule has 0 aliphatic heterocycles. The van der Waals surface area contributed by atoms with Gasteiger partial charge in [0.25, 0.3) is 0 Å². The van der Waals surface area contributed by atoms with Crippen LogP contribution in [0.15, 0.2) is 37.2 Å². The first kappa shape index (κ1) is 13.4. The molecule has 0 radical (unpaired) electrons. The first-order valence-corrected chi connectivity index (χ1v) is 5.83. The van der Waals surface area contributed by atoms with Gasteiger partial charge in [-0.1, -0.05) is 30.3 Å². The number of aromatic nitrogens is 2. The molecule has 1 unspecified atom stereocenters. The van der Waals surface area contributed by atoms with E-state index < -0.39 is 12.1 Å². The van der Waals surface area contributed by atoms with Crippen LogP contribution in [0.1, 0.15) is 11.7 Å². The number of hydrogen-bond donors (Lipinski definition) is 0. The van der Waals surface area contributed by atoms with Crippen molar-refractivity contribution in [3.8, 4) is 0 Å². The average molecular weight is 281 g/mol. The van der Waals surface area contributed by atoms with Crippen molar-refractivity contribution in [3.05, 3.63) is 47.8 Å². The van der Waals surface area contributed by atoms with Gasteiger partial charge in [-0.3, -0.25) is 9.97 Å². The molecule has 0 saturated carbocycles. The maximum atomic E-state index is 14.1. The van der Waals surface area contributed by atoms with E-state index >= 15 is 0 Å². The lowest BCUT2D eigenvalue weighted by atomic mass is 10.1. The lowest BCUT2D eigenvalue weighted by Crippen LogP contribution is -2.13. The zero-order chi connectivity index (χ0) is 13.8. The highest BCUT2D eigenvalue weighted by Crippen LogP contribution is 2.29. The van der Waals surface area contributed by atoms with Gasteiger partial charge in [0, 0.05) is 18.0 Å². The Morgan fingerprint density at radius 1 is 1.42 bits per heavy atom. The molecular formula is C13H10ClFN2O2. The average Bonchev–Trinajstić information content (AvgIpc) is 2.45. The van der Waals surface area contributed by atoms with Gasteiger partial charge in [-0.15, -0.1) is 0 Å². The van der Waals surface area contributed by atoms with E-state index in [1.54, 1.807) is 0 Å². The van der Waals surface area contributed by atoms with Crippen molar-refractivity contribution >= 4 is 28.6 Å². The topological polar surface area (TPSA) is 52.1 Å². The van der Waals surface area contributed by atoms with E-state index in [1.165, 1.54) is 30.6 Å². The Balaban J connectivity index is 2.42. The Morgan fingerprint density at radius 2 is 2.11 bits per heavy atom. The summed E-state index contributed by atoms with van der Waals surface area (Å²) in [5.74, 6) is -0.992. The van der Waals surface area contributed by atoms with E-state index in [4.69, 9.17) is 11.6 Å². The third kappa shape index (κ3) is 2.71. The van der Waals surface area contributed by atoms with E-state index in [2.05, 4.69) is 21.3 Å². The highest BCUT2D eigenvalue weighted by Gasteiger charge is 2.24. The third-order valence-corrected chi connectivity index (χ3v) is 2.74. The lowest BCUT2D eigenvalue weighted by molar-refractivity contribution is -0.148. The Kier molecular flexibility index (Phi) is 4.06. The smallest absolute Gasteiger partial charge is 0.345 e. The number of ether oxygens (including phenoxy) is 1. The minimum atomic E-state index is -1.93. The maximum absolute atomic E-state index is 14.1. The van der Waals surface area contributed by atoms with Crippen LogP contribution >= 0.6 is 11.6 Å². The van der Waals surface area contributed by atoms with Crippen molar-refractivity contribution in [1.82, 2.24) is 9.97 Å². The van der Waals surface area contributed by atoms with E-state index in [0.717, 1.165) is 0 Å². The molecule has 98 valence electrons. The lowest BCUT2D eigenvalue weighted by Gasteiger charge is -2.10. The van der Waals surface area contributed by atoms with Crippen LogP contribution in [-0.4, -0.2) is 22.5 Å². The van der Waals surface area contributed by atoms with Crippen LogP contribution in [0.3, 0.4) is 0 Å². The molecule has 1 aromatic heterocycles. The molecule has 0 spiro atoms. The molecule has 2 rings (SSSR count). The third-order valence-electron chi connectivity index (χ3n) is 2.43. The fraction of sp³-hybridized carbons (Fsp3) is 0.154. The van der Waals surface area contributed by atoms with Gasteiger partial charge >= 0.3 is 5.97 Å². The summed E-state index contributed by atoms with van der Waals surface area (Å²) < 4.78 is 18.8. The molecular weight excluding hydrogens is 271 g/mol. The number of rotatable bonds is 4. The van der Waals surface area contributed by atoms with E-state index in [1.807, 2.05) is 0 Å². The summed E-state index contributed by atoms with van der Waals surface area (Å²) in [6, 6.07) is 2.88. The minimum Gasteiger partial charge on any atom is -0.459 e. The summed E-state index contributed by atoms with van der Waals surface area (Å²) in [7, 11) is 0. The molecule has 0 bridgehead atoms. The van der Waals surface area contributed by atoms with Gasteiger partial charge in [-0.2, -0.15) is 0 Å². The predicted octanol–water partition coefficient (Wildman–Crippen LogP) is 3.02. The quantitative estimate of drug-likeness (QED) is 0.638. The molecule has 0 saturated heterocycles. The summed E-state index contributed by atoms with van der Waals surface area (Å²) >= 11 is 5.94. The Bertz CT molecular complexity index is 633. The minimum absolute atomic E-state index is 0.0452. The number of halogens is 2. The molecule has 19 heavy (non-hydrogen) atoms. The predicted molar refractivity (Wildman–Crippen MR) is 69.6 cm³/mol. The fourth-order valence-corrected chi connectivity index (χ4v) is 1.79. The van der Waals surface area contributed by atoms with Crippen molar-refractivity contribution in [2.24, 2.45) is 0 Å². The second kappa shape index (κ2) is 5.75. The summed E-state index contributed by atoms with van der Waals surface area (Å²) in [6.45, 7) is 3.34. The van der Waals surface area contributed by atoms with Gasteiger partial charge < -0.3 is 4.74 Å². The number of nitrogens with zero attached hydrogens (tertiary/aromatic N) is 2. The summed E-state index contributed by atoms with van der Waals surface area (Å²) in [4.78, 5) is 19.5. The Labute approximate surface area is 113 Å². The van der Waals surface area contributed by atoms with Crippen LogP contribution in [0, 0.1) is 0 Å². The zero-order valence-electron chi connectivity index (χ0n) is 9.85. The van der Waals surface area contributed by atoms with Crippen molar-refractivity contribution in [2.45, 2.75) is 6.17 Å². The molecule has 0 aliphatic rings. The molecule has 0 amide bonds. The number of hydrogen-bond acceptors (Lipinski definition) is 4. The maximum Gasteiger partial charge on any atom is 0.345 e. The van der Waals surface area contributed by atoms with Crippen LogP contribution in [0.4, 0.5) is 4.39 Å². The molecule has 0 aliphatic carbocycles. The van der Waals surface area contributed by atoms with E-state index in [0.29, 0.717) is 10.5 Å². The second-order valence-corrected chi connectivity index (χ2v) is 4.08. The monoisotopic (exact) mass is 280 g/mol. The highest BCUT2D eigenvalue weighted by molar-refractivity contribution is 6.35. The van der Waals surface area contributed by atoms with E-state index in [9.17, 15) is 9.18 Å². The van der Waals surface area contributed by atoms with Crippen LogP contribution < -0.4 is 0 Å². The molecule has 1 aromatic carbocycles. The van der Waals surface area contributed by atoms with E-state index in [-0.39, 0.29) is 17.7 Å². The second-order valence-electron chi connectivity index (χ2n) is 3.67. The highest BCUT2D eigenvalue weighted by atomic mass is 35.5. The fourth-order valence-electron chi connectivity index (χ4n) is 1.59. The molecule has 1 heterocycles. The molecule has 4 nitrogen and oxygen atoms in total. The van der Waals surface area contributed by atoms with Crippen molar-refractivity contribution in [3.63, 3.8) is 0 Å².